The summed E-state index contributed by atoms with van der Waals surface area (Å²) in [6, 6.07) is 12.2. The number of hydrogen-bond acceptors (Lipinski definition) is 6. The highest BCUT2D eigenvalue weighted by atomic mass is 32.1. The number of nitrogens with one attached hydrogen (secondary N) is 1. The maximum atomic E-state index is 12.3. The molecule has 6 nitrogen and oxygen atoms in total. The molecule has 7 heteroatoms. The van der Waals surface area contributed by atoms with E-state index in [4.69, 9.17) is 4.52 Å². The number of benzene rings is 1. The molecule has 4 rings (SSSR count). The zero-order chi connectivity index (χ0) is 19.5. The zero-order valence-electron chi connectivity index (χ0n) is 16.1. The van der Waals surface area contributed by atoms with Gasteiger partial charge >= 0.3 is 0 Å². The summed E-state index contributed by atoms with van der Waals surface area (Å²) in [4.78, 5) is 21.1. The molecule has 0 atom stereocenters. The molecule has 1 fully saturated rings. The van der Waals surface area contributed by atoms with Crippen molar-refractivity contribution in [2.24, 2.45) is 0 Å². The molecule has 1 saturated heterocycles. The van der Waals surface area contributed by atoms with Crippen molar-refractivity contribution in [2.75, 3.05) is 13.1 Å². The minimum atomic E-state index is 0.0381. The summed E-state index contributed by atoms with van der Waals surface area (Å²) in [5.74, 6) is 1.30. The van der Waals surface area contributed by atoms with Gasteiger partial charge in [0.15, 0.2) is 0 Å². The van der Waals surface area contributed by atoms with Crippen molar-refractivity contribution in [3.05, 3.63) is 57.6 Å². The smallest absolute Gasteiger partial charge is 0.261 e. The average Bonchev–Trinajstić information content (AvgIpc) is 3.33. The monoisotopic (exact) mass is 396 g/mol. The molecule has 0 bridgehead atoms. The number of piperidine rings is 1. The number of nitrogens with zero attached hydrogens (tertiary/aromatic N) is 3. The summed E-state index contributed by atoms with van der Waals surface area (Å²) in [5.41, 5.74) is 2.17. The van der Waals surface area contributed by atoms with Crippen molar-refractivity contribution >= 4 is 17.2 Å². The fraction of sp³-hybridized carbons (Fsp3) is 0.381. The molecule has 0 radical (unpaired) electrons. The number of hydrogen-bond donors (Lipinski definition) is 1. The molecule has 3 heterocycles. The molecule has 146 valence electrons. The van der Waals surface area contributed by atoms with Gasteiger partial charge in [0.05, 0.1) is 11.4 Å². The number of aryl methyl sites for hydroxylation is 2. The fourth-order valence-electron chi connectivity index (χ4n) is 3.38. The van der Waals surface area contributed by atoms with E-state index in [1.165, 1.54) is 16.9 Å². The van der Waals surface area contributed by atoms with Gasteiger partial charge in [-0.3, -0.25) is 9.69 Å². The Kier molecular flexibility index (Phi) is 5.54. The molecule has 1 N–H and O–H groups in total. The minimum absolute atomic E-state index is 0.0381. The van der Waals surface area contributed by atoms with E-state index in [1.54, 1.807) is 0 Å². The lowest BCUT2D eigenvalue weighted by Crippen LogP contribution is -2.44. The van der Waals surface area contributed by atoms with E-state index >= 15 is 0 Å². The molecule has 1 aromatic carbocycles. The van der Waals surface area contributed by atoms with Crippen LogP contribution in [0.3, 0.4) is 0 Å². The Hall–Kier alpha value is -2.51. The Morgan fingerprint density at radius 3 is 2.61 bits per heavy atom. The van der Waals surface area contributed by atoms with E-state index in [9.17, 15) is 4.79 Å². The van der Waals surface area contributed by atoms with Gasteiger partial charge in [-0.05, 0) is 38.8 Å². The Labute approximate surface area is 168 Å². The molecule has 1 aliphatic heterocycles. The second-order valence-electron chi connectivity index (χ2n) is 7.31. The molecule has 3 aromatic rings. The molecular weight excluding hydrogens is 372 g/mol. The highest BCUT2D eigenvalue weighted by molar-refractivity contribution is 7.13. The summed E-state index contributed by atoms with van der Waals surface area (Å²) < 4.78 is 5.43. The molecular formula is C21H24N4O2S. The highest BCUT2D eigenvalue weighted by Gasteiger charge is 2.23. The van der Waals surface area contributed by atoms with Crippen molar-refractivity contribution in [1.29, 1.82) is 0 Å². The van der Waals surface area contributed by atoms with E-state index in [-0.39, 0.29) is 11.9 Å². The predicted octanol–water partition coefficient (Wildman–Crippen LogP) is 3.81. The molecule has 0 unspecified atom stereocenters. The molecule has 0 aliphatic carbocycles. The Bertz CT molecular complexity index is 939. The Morgan fingerprint density at radius 1 is 1.18 bits per heavy atom. The van der Waals surface area contributed by atoms with Gasteiger partial charge in [0, 0.05) is 29.6 Å². The number of amides is 1. The number of likely N-dealkylation sites (tertiary alicyclic amines) is 1. The van der Waals surface area contributed by atoms with Gasteiger partial charge in [-0.2, -0.15) is 4.98 Å². The normalized spacial score (nSPS) is 15.6. The van der Waals surface area contributed by atoms with Crippen LogP contribution in [0.5, 0.6) is 0 Å². The largest absolute Gasteiger partial charge is 0.349 e. The SMILES string of the molecule is Cc1ccc(-c2noc(CN3CCC(NC(=O)c4ccc(C)s4)CC3)n2)cc1. The van der Waals surface area contributed by atoms with Crippen LogP contribution in [-0.2, 0) is 6.54 Å². The Balaban J connectivity index is 1.28. The lowest BCUT2D eigenvalue weighted by molar-refractivity contribution is 0.0908. The number of carbonyl (C=O) groups is 1. The minimum Gasteiger partial charge on any atom is -0.349 e. The van der Waals surface area contributed by atoms with Crippen LogP contribution >= 0.6 is 11.3 Å². The third-order valence-corrected chi connectivity index (χ3v) is 6.02. The maximum Gasteiger partial charge on any atom is 0.261 e. The summed E-state index contributed by atoms with van der Waals surface area (Å²) in [6.45, 7) is 6.51. The summed E-state index contributed by atoms with van der Waals surface area (Å²) in [7, 11) is 0. The molecule has 1 aliphatic rings. The van der Waals surface area contributed by atoms with Crippen molar-refractivity contribution in [3.8, 4) is 11.4 Å². The van der Waals surface area contributed by atoms with Crippen LogP contribution in [0.1, 0.15) is 38.8 Å². The molecule has 1 amide bonds. The molecule has 2 aromatic heterocycles. The standard InChI is InChI=1S/C21H24N4O2S/c1-14-3-6-16(7-4-14)20-23-19(27-24-20)13-25-11-9-17(10-12-25)22-21(26)18-8-5-15(2)28-18/h3-8,17H,9-13H2,1-2H3,(H,22,26). The van der Waals surface area contributed by atoms with Gasteiger partial charge in [-0.25, -0.2) is 0 Å². The Morgan fingerprint density at radius 2 is 1.93 bits per heavy atom. The van der Waals surface area contributed by atoms with Crippen molar-refractivity contribution < 1.29 is 9.32 Å². The van der Waals surface area contributed by atoms with Gasteiger partial charge in [-0.15, -0.1) is 11.3 Å². The predicted molar refractivity (Wildman–Crippen MR) is 109 cm³/mol. The zero-order valence-corrected chi connectivity index (χ0v) is 17.0. The average molecular weight is 397 g/mol. The number of aromatic nitrogens is 2. The van der Waals surface area contributed by atoms with E-state index < -0.39 is 0 Å². The first-order chi connectivity index (χ1) is 13.6. The van der Waals surface area contributed by atoms with Crippen LogP contribution in [0.4, 0.5) is 0 Å². The summed E-state index contributed by atoms with van der Waals surface area (Å²) in [6.07, 6.45) is 1.85. The van der Waals surface area contributed by atoms with Gasteiger partial charge in [0.2, 0.25) is 11.7 Å². The lowest BCUT2D eigenvalue weighted by atomic mass is 10.0. The number of thiophene rings is 1. The van der Waals surface area contributed by atoms with Crippen LogP contribution in [0.15, 0.2) is 40.9 Å². The van der Waals surface area contributed by atoms with Gasteiger partial charge in [0.25, 0.3) is 5.91 Å². The first kappa shape index (κ1) is 18.8. The number of rotatable bonds is 5. The third-order valence-electron chi connectivity index (χ3n) is 5.02. The van der Waals surface area contributed by atoms with Gasteiger partial charge < -0.3 is 9.84 Å². The second kappa shape index (κ2) is 8.24. The number of carbonyl (C=O) groups excluding carboxylic acids is 1. The topological polar surface area (TPSA) is 71.3 Å². The quantitative estimate of drug-likeness (QED) is 0.710. The highest BCUT2D eigenvalue weighted by Crippen LogP contribution is 2.19. The first-order valence-corrected chi connectivity index (χ1v) is 10.4. The molecule has 28 heavy (non-hydrogen) atoms. The van der Waals surface area contributed by atoms with Gasteiger partial charge in [0.1, 0.15) is 0 Å². The van der Waals surface area contributed by atoms with Gasteiger partial charge in [-0.1, -0.05) is 35.0 Å². The van der Waals surface area contributed by atoms with Crippen LogP contribution in [0, 0.1) is 13.8 Å². The van der Waals surface area contributed by atoms with Crippen molar-refractivity contribution in [3.63, 3.8) is 0 Å². The van der Waals surface area contributed by atoms with Crippen LogP contribution in [0.2, 0.25) is 0 Å². The maximum absolute atomic E-state index is 12.3. The lowest BCUT2D eigenvalue weighted by Gasteiger charge is -2.31. The van der Waals surface area contributed by atoms with Crippen LogP contribution < -0.4 is 5.32 Å². The molecule has 0 saturated carbocycles. The summed E-state index contributed by atoms with van der Waals surface area (Å²) >= 11 is 1.54. The van der Waals surface area contributed by atoms with E-state index in [0.717, 1.165) is 41.2 Å². The van der Waals surface area contributed by atoms with Crippen molar-refractivity contribution in [2.45, 2.75) is 39.3 Å². The van der Waals surface area contributed by atoms with E-state index in [0.29, 0.717) is 18.3 Å². The molecule has 0 spiro atoms. The third kappa shape index (κ3) is 4.48. The van der Waals surface area contributed by atoms with Crippen LogP contribution in [-0.4, -0.2) is 40.1 Å². The van der Waals surface area contributed by atoms with Crippen LogP contribution in [0.25, 0.3) is 11.4 Å². The second-order valence-corrected chi connectivity index (χ2v) is 8.60. The van der Waals surface area contributed by atoms with Crippen molar-refractivity contribution in [1.82, 2.24) is 20.4 Å². The fourth-order valence-corrected chi connectivity index (χ4v) is 4.15. The summed E-state index contributed by atoms with van der Waals surface area (Å²) in [5, 5.41) is 7.26. The van der Waals surface area contributed by atoms with E-state index in [2.05, 4.69) is 27.3 Å². The first-order valence-electron chi connectivity index (χ1n) is 9.56. The van der Waals surface area contributed by atoms with E-state index in [1.807, 2.05) is 43.3 Å².